The average molecular weight is 616 g/mol. The molecule has 4 aromatic rings. The van der Waals surface area contributed by atoms with Crippen LogP contribution in [-0.2, 0) is 27.2 Å². The normalized spacial score (nSPS) is 14.1. The summed E-state index contributed by atoms with van der Waals surface area (Å²) in [6.07, 6.45) is 0.598. The number of fused-ring (bicyclic) bond motifs is 1. The van der Waals surface area contributed by atoms with Crippen molar-refractivity contribution < 1.29 is 32.5 Å². The Kier molecular flexibility index (Phi) is 9.87. The number of hydrogen-bond donors (Lipinski definition) is 2. The molecule has 1 atom stereocenters. The van der Waals surface area contributed by atoms with E-state index in [0.717, 1.165) is 44.7 Å². The van der Waals surface area contributed by atoms with Crippen LogP contribution < -0.4 is 18.9 Å². The van der Waals surface area contributed by atoms with Crippen molar-refractivity contribution in [2.24, 2.45) is 0 Å². The molecule has 9 heteroatoms. The summed E-state index contributed by atoms with van der Waals surface area (Å²) in [4.78, 5) is 11.1. The molecule has 0 fully saturated rings. The molecule has 0 saturated carbocycles. The van der Waals surface area contributed by atoms with Crippen LogP contribution in [0.4, 0.5) is 0 Å². The lowest BCUT2D eigenvalue weighted by Crippen LogP contribution is -2.27. The molecule has 1 aliphatic heterocycles. The highest BCUT2D eigenvalue weighted by molar-refractivity contribution is 7.88. The lowest BCUT2D eigenvalue weighted by Gasteiger charge is -2.15. The molecule has 0 spiro atoms. The van der Waals surface area contributed by atoms with Crippen LogP contribution in [0, 0.1) is 13.8 Å². The molecule has 8 nitrogen and oxygen atoms in total. The van der Waals surface area contributed by atoms with Gasteiger partial charge in [-0.1, -0.05) is 54.6 Å². The number of ether oxygens (including phenoxy) is 3. The van der Waals surface area contributed by atoms with E-state index in [1.165, 1.54) is 0 Å². The van der Waals surface area contributed by atoms with E-state index >= 15 is 0 Å². The number of nitrogens with one attached hydrogen (secondary N) is 1. The molecule has 4 aromatic carbocycles. The molecule has 2 N–H and O–H groups in total. The molecule has 1 heterocycles. The highest BCUT2D eigenvalue weighted by atomic mass is 32.2. The van der Waals surface area contributed by atoms with Gasteiger partial charge in [-0.15, -0.1) is 0 Å². The van der Waals surface area contributed by atoms with Crippen LogP contribution >= 0.6 is 0 Å². The van der Waals surface area contributed by atoms with Crippen molar-refractivity contribution in [1.82, 2.24) is 4.72 Å². The number of benzene rings is 4. The minimum atomic E-state index is -3.40. The van der Waals surface area contributed by atoms with Crippen LogP contribution in [0.2, 0.25) is 0 Å². The maximum absolute atomic E-state index is 12.3. The third-order valence-electron chi connectivity index (χ3n) is 7.52. The van der Waals surface area contributed by atoms with Crippen molar-refractivity contribution in [3.63, 3.8) is 0 Å². The third-order valence-corrected chi connectivity index (χ3v) is 8.88. The van der Waals surface area contributed by atoms with Crippen LogP contribution in [0.1, 0.15) is 46.6 Å². The molecule has 0 radical (unpaired) electrons. The minimum Gasteiger partial charge on any atom is -0.494 e. The van der Waals surface area contributed by atoms with E-state index in [9.17, 15) is 13.2 Å². The van der Waals surface area contributed by atoms with Crippen molar-refractivity contribution in [3.05, 3.63) is 113 Å². The van der Waals surface area contributed by atoms with Gasteiger partial charge in [-0.3, -0.25) is 4.79 Å². The van der Waals surface area contributed by atoms with Crippen molar-refractivity contribution >= 4 is 16.0 Å². The lowest BCUT2D eigenvalue weighted by molar-refractivity contribution is -0.137. The van der Waals surface area contributed by atoms with E-state index in [1.807, 2.05) is 60.7 Å². The van der Waals surface area contributed by atoms with E-state index < -0.39 is 16.0 Å². The summed E-state index contributed by atoms with van der Waals surface area (Å²) in [5, 5.41) is 9.12. The molecule has 0 aliphatic carbocycles. The Bertz CT molecular complexity index is 1700. The first kappa shape index (κ1) is 31.1. The number of aryl methyl sites for hydroxylation is 2. The number of aliphatic carboxylic acids is 1. The predicted molar refractivity (Wildman–Crippen MR) is 170 cm³/mol. The smallest absolute Gasteiger partial charge is 0.304 e. The summed E-state index contributed by atoms with van der Waals surface area (Å²) in [7, 11) is -3.40. The summed E-state index contributed by atoms with van der Waals surface area (Å²) in [5.41, 5.74) is 7.03. The molecule has 0 saturated heterocycles. The quantitative estimate of drug-likeness (QED) is 0.158. The maximum atomic E-state index is 12.3. The zero-order valence-electron chi connectivity index (χ0n) is 24.9. The fraction of sp³-hybridized carbons (Fsp3) is 0.286. The summed E-state index contributed by atoms with van der Waals surface area (Å²) < 4.78 is 45.0. The topological polar surface area (TPSA) is 111 Å². The summed E-state index contributed by atoms with van der Waals surface area (Å²) >= 11 is 0. The Morgan fingerprint density at radius 1 is 0.909 bits per heavy atom. The van der Waals surface area contributed by atoms with Crippen LogP contribution in [0.15, 0.2) is 84.9 Å². The average Bonchev–Trinajstić information content (AvgIpc) is 3.37. The van der Waals surface area contributed by atoms with Gasteiger partial charge in [0.05, 0.1) is 25.4 Å². The van der Waals surface area contributed by atoms with Crippen LogP contribution in [0.25, 0.3) is 11.1 Å². The van der Waals surface area contributed by atoms with Gasteiger partial charge in [0.25, 0.3) is 0 Å². The van der Waals surface area contributed by atoms with Crippen molar-refractivity contribution in [2.45, 2.75) is 45.0 Å². The van der Waals surface area contributed by atoms with E-state index in [1.54, 1.807) is 12.1 Å². The predicted octanol–water partition coefficient (Wildman–Crippen LogP) is 6.39. The van der Waals surface area contributed by atoms with Gasteiger partial charge in [0, 0.05) is 24.1 Å². The molecule has 0 unspecified atom stereocenters. The number of carbonyl (C=O) groups is 1. The molecular weight excluding hydrogens is 578 g/mol. The summed E-state index contributed by atoms with van der Waals surface area (Å²) in [6.45, 7) is 5.55. The minimum absolute atomic E-state index is 0.0403. The maximum Gasteiger partial charge on any atom is 0.304 e. The van der Waals surface area contributed by atoms with Gasteiger partial charge in [-0.05, 0) is 77.9 Å². The lowest BCUT2D eigenvalue weighted by atomic mass is 9.94. The Balaban J connectivity index is 1.14. The van der Waals surface area contributed by atoms with Crippen LogP contribution in [0.3, 0.4) is 0 Å². The van der Waals surface area contributed by atoms with Gasteiger partial charge in [0.15, 0.2) is 0 Å². The van der Waals surface area contributed by atoms with Crippen molar-refractivity contribution in [3.8, 4) is 28.4 Å². The Hall–Kier alpha value is -4.34. The summed E-state index contributed by atoms with van der Waals surface area (Å²) in [6, 6.07) is 26.9. The van der Waals surface area contributed by atoms with Gasteiger partial charge in [0.1, 0.15) is 23.9 Å². The zero-order valence-corrected chi connectivity index (χ0v) is 25.7. The van der Waals surface area contributed by atoms with Gasteiger partial charge in [-0.25, -0.2) is 13.1 Å². The monoisotopic (exact) mass is 615 g/mol. The zero-order chi connectivity index (χ0) is 31.1. The van der Waals surface area contributed by atoms with E-state index in [0.29, 0.717) is 44.3 Å². The molecule has 0 amide bonds. The van der Waals surface area contributed by atoms with E-state index in [-0.39, 0.29) is 18.1 Å². The molecular formula is C35H37NO7S. The second-order valence-electron chi connectivity index (χ2n) is 11.1. The standard InChI is InChI=1S/C35H37NO7S/c1-24-16-31(41-15-7-14-36-44(39,40)23-26-8-4-3-5-9-26)17-25(2)35(24)28-11-6-10-27(18-28)21-42-30-12-13-32-29(19-34(37)38)22-43-33(32)20-30/h3-6,8-13,16-18,20,29,36H,7,14-15,19,21-23H2,1-2H3,(H,37,38)/t29-/m1/s1. The second kappa shape index (κ2) is 14.0. The first-order chi connectivity index (χ1) is 21.2. The fourth-order valence-corrected chi connectivity index (χ4v) is 6.70. The third kappa shape index (κ3) is 8.18. The second-order valence-corrected chi connectivity index (χ2v) is 12.9. The molecule has 44 heavy (non-hydrogen) atoms. The van der Waals surface area contributed by atoms with E-state index in [4.69, 9.17) is 19.3 Å². The first-order valence-corrected chi connectivity index (χ1v) is 16.3. The van der Waals surface area contributed by atoms with Crippen molar-refractivity contribution in [2.75, 3.05) is 19.8 Å². The molecule has 0 aromatic heterocycles. The number of carboxylic acids is 1. The Labute approximate surface area is 258 Å². The molecule has 5 rings (SSSR count). The SMILES string of the molecule is Cc1cc(OCCCNS(=O)(=O)Cc2ccccc2)cc(C)c1-c1cccc(COc2ccc3c(c2)OC[C@H]3CC(=O)O)c1. The van der Waals surface area contributed by atoms with Gasteiger partial charge in [0.2, 0.25) is 10.0 Å². The van der Waals surface area contributed by atoms with Crippen LogP contribution in [-0.4, -0.2) is 39.3 Å². The fourth-order valence-electron chi connectivity index (χ4n) is 5.51. The first-order valence-electron chi connectivity index (χ1n) is 14.6. The largest absolute Gasteiger partial charge is 0.494 e. The molecule has 0 bridgehead atoms. The summed E-state index contributed by atoms with van der Waals surface area (Å²) in [5.74, 6) is 1.09. The van der Waals surface area contributed by atoms with E-state index in [2.05, 4.69) is 30.7 Å². The number of sulfonamides is 1. The Morgan fingerprint density at radius 2 is 1.66 bits per heavy atom. The van der Waals surface area contributed by atoms with Gasteiger partial charge < -0.3 is 19.3 Å². The number of hydrogen-bond acceptors (Lipinski definition) is 6. The van der Waals surface area contributed by atoms with Gasteiger partial charge in [-0.2, -0.15) is 0 Å². The van der Waals surface area contributed by atoms with Gasteiger partial charge >= 0.3 is 5.97 Å². The number of rotatable bonds is 14. The molecule has 230 valence electrons. The Morgan fingerprint density at radius 3 is 2.41 bits per heavy atom. The number of carboxylic acid groups (broad SMARTS) is 1. The van der Waals surface area contributed by atoms with Crippen LogP contribution in [0.5, 0.6) is 17.2 Å². The molecule has 1 aliphatic rings. The van der Waals surface area contributed by atoms with Crippen molar-refractivity contribution in [1.29, 1.82) is 0 Å². The highest BCUT2D eigenvalue weighted by Crippen LogP contribution is 2.38. The highest BCUT2D eigenvalue weighted by Gasteiger charge is 2.26.